The van der Waals surface area contributed by atoms with Crippen molar-refractivity contribution in [2.45, 2.75) is 17.4 Å². The van der Waals surface area contributed by atoms with Gasteiger partial charge in [0.05, 0.1) is 0 Å². The van der Waals surface area contributed by atoms with E-state index < -0.39 is 17.8 Å². The molecule has 29 heavy (non-hydrogen) atoms. The molecule has 3 aromatic carbocycles. The monoisotopic (exact) mass is 428 g/mol. The first kappa shape index (κ1) is 20.9. The maximum atomic E-state index is 13.1. The van der Waals surface area contributed by atoms with Crippen LogP contribution >= 0.6 is 21.7 Å². The number of amides is 2. The standard InChI is InChI=1S/C22H18ClFN2O2S/c23-29-19-12-10-18(11-13-19)25-22(28)20(14-15-4-2-1-3-5-15)26-21(27)16-6-8-17(24)9-7-16/h1-13,20H,14H2,(H,25,28)(H,26,27). The molecule has 0 bridgehead atoms. The van der Waals surface area contributed by atoms with E-state index in [1.807, 2.05) is 30.3 Å². The minimum absolute atomic E-state index is 0.278. The Morgan fingerprint density at radius 2 is 1.59 bits per heavy atom. The average molecular weight is 429 g/mol. The fourth-order valence-corrected chi connectivity index (χ4v) is 3.27. The van der Waals surface area contributed by atoms with Crippen molar-refractivity contribution < 1.29 is 14.0 Å². The third-order valence-corrected chi connectivity index (χ3v) is 5.21. The van der Waals surface area contributed by atoms with Gasteiger partial charge in [0.1, 0.15) is 11.9 Å². The maximum absolute atomic E-state index is 13.1. The molecule has 2 N–H and O–H groups in total. The second-order valence-corrected chi connectivity index (χ2v) is 7.40. The van der Waals surface area contributed by atoms with Crippen LogP contribution < -0.4 is 10.6 Å². The van der Waals surface area contributed by atoms with Crippen molar-refractivity contribution >= 4 is 39.2 Å². The van der Waals surface area contributed by atoms with Gasteiger partial charge in [-0.25, -0.2) is 4.39 Å². The predicted octanol–water partition coefficient (Wildman–Crippen LogP) is 5.05. The lowest BCUT2D eigenvalue weighted by Crippen LogP contribution is -2.45. The van der Waals surface area contributed by atoms with Gasteiger partial charge in [-0.1, -0.05) is 30.3 Å². The second kappa shape index (κ2) is 10.1. The molecule has 3 rings (SSSR count). The highest BCUT2D eigenvalue weighted by molar-refractivity contribution is 8.21. The Morgan fingerprint density at radius 1 is 0.931 bits per heavy atom. The molecule has 0 fully saturated rings. The number of rotatable bonds is 7. The van der Waals surface area contributed by atoms with Crippen molar-refractivity contribution in [3.63, 3.8) is 0 Å². The molecular formula is C22H18ClFN2O2S. The van der Waals surface area contributed by atoms with Gasteiger partial charge in [0.15, 0.2) is 0 Å². The highest BCUT2D eigenvalue weighted by Gasteiger charge is 2.22. The molecule has 0 aromatic heterocycles. The summed E-state index contributed by atoms with van der Waals surface area (Å²) < 4.78 is 13.1. The van der Waals surface area contributed by atoms with E-state index in [-0.39, 0.29) is 11.5 Å². The Hall–Kier alpha value is -2.83. The Morgan fingerprint density at radius 3 is 2.21 bits per heavy atom. The normalized spacial score (nSPS) is 11.5. The third-order valence-electron chi connectivity index (χ3n) is 4.22. The van der Waals surface area contributed by atoms with Crippen LogP contribution in [-0.2, 0) is 11.2 Å². The molecule has 0 aliphatic carbocycles. The average Bonchev–Trinajstić information content (AvgIpc) is 2.75. The summed E-state index contributed by atoms with van der Waals surface area (Å²) in [5, 5.41) is 5.56. The topological polar surface area (TPSA) is 58.2 Å². The minimum atomic E-state index is -0.808. The molecule has 0 saturated heterocycles. The molecule has 7 heteroatoms. The lowest BCUT2D eigenvalue weighted by atomic mass is 10.0. The first-order valence-electron chi connectivity index (χ1n) is 8.85. The van der Waals surface area contributed by atoms with E-state index in [4.69, 9.17) is 10.7 Å². The number of anilines is 1. The summed E-state index contributed by atoms with van der Waals surface area (Å²) in [6.07, 6.45) is 0.315. The van der Waals surface area contributed by atoms with Crippen LogP contribution in [0, 0.1) is 5.82 Å². The smallest absolute Gasteiger partial charge is 0.251 e. The molecular weight excluding hydrogens is 411 g/mol. The van der Waals surface area contributed by atoms with Crippen molar-refractivity contribution in [2.75, 3.05) is 5.32 Å². The van der Waals surface area contributed by atoms with Gasteiger partial charge in [0.25, 0.3) is 5.91 Å². The molecule has 2 amide bonds. The molecule has 1 atom stereocenters. The van der Waals surface area contributed by atoms with Gasteiger partial charge in [-0.05, 0) is 75.8 Å². The lowest BCUT2D eigenvalue weighted by Gasteiger charge is -2.19. The number of carbonyl (C=O) groups excluding carboxylic acids is 2. The summed E-state index contributed by atoms with van der Waals surface area (Å²) >= 11 is 0. The van der Waals surface area contributed by atoms with E-state index in [0.29, 0.717) is 12.1 Å². The second-order valence-electron chi connectivity index (χ2n) is 6.31. The van der Waals surface area contributed by atoms with Gasteiger partial charge in [0, 0.05) is 22.6 Å². The SMILES string of the molecule is O=C(NC(Cc1ccccc1)C(=O)Nc1ccc(SCl)cc1)c1ccc(F)cc1. The Kier molecular flexibility index (Phi) is 7.27. The van der Waals surface area contributed by atoms with E-state index in [1.165, 1.54) is 24.3 Å². The number of carbonyl (C=O) groups is 2. The van der Waals surface area contributed by atoms with Gasteiger partial charge in [-0.15, -0.1) is 0 Å². The Balaban J connectivity index is 1.76. The van der Waals surface area contributed by atoms with E-state index >= 15 is 0 Å². The maximum Gasteiger partial charge on any atom is 0.251 e. The molecule has 148 valence electrons. The first-order valence-corrected chi connectivity index (χ1v) is 10.5. The highest BCUT2D eigenvalue weighted by atomic mass is 35.7. The van der Waals surface area contributed by atoms with E-state index in [2.05, 4.69) is 10.6 Å². The van der Waals surface area contributed by atoms with Crippen molar-refractivity contribution in [1.29, 1.82) is 0 Å². The van der Waals surface area contributed by atoms with Crippen LogP contribution in [0.15, 0.2) is 83.8 Å². The van der Waals surface area contributed by atoms with Crippen LogP contribution in [0.2, 0.25) is 0 Å². The molecule has 1 unspecified atom stereocenters. The van der Waals surface area contributed by atoms with Gasteiger partial charge < -0.3 is 10.6 Å². The summed E-state index contributed by atoms with van der Waals surface area (Å²) in [6.45, 7) is 0. The zero-order chi connectivity index (χ0) is 20.6. The summed E-state index contributed by atoms with van der Waals surface area (Å²) in [4.78, 5) is 26.3. The summed E-state index contributed by atoms with van der Waals surface area (Å²) in [5.74, 6) is -1.23. The van der Waals surface area contributed by atoms with Crippen LogP contribution in [0.4, 0.5) is 10.1 Å². The van der Waals surface area contributed by atoms with Gasteiger partial charge in [-0.2, -0.15) is 0 Å². The number of hydrogen-bond acceptors (Lipinski definition) is 3. The number of nitrogens with one attached hydrogen (secondary N) is 2. The van der Waals surface area contributed by atoms with E-state index in [1.54, 1.807) is 24.3 Å². The quantitative estimate of drug-likeness (QED) is 0.553. The van der Waals surface area contributed by atoms with Crippen LogP contribution in [0.5, 0.6) is 0 Å². The molecule has 0 saturated carbocycles. The molecule has 0 spiro atoms. The van der Waals surface area contributed by atoms with Crippen molar-refractivity contribution in [3.05, 3.63) is 95.8 Å². The first-order chi connectivity index (χ1) is 14.0. The Bertz CT molecular complexity index is 966. The molecule has 4 nitrogen and oxygen atoms in total. The number of benzene rings is 3. The molecule has 0 radical (unpaired) electrons. The van der Waals surface area contributed by atoms with Crippen LogP contribution in [0.3, 0.4) is 0 Å². The lowest BCUT2D eigenvalue weighted by molar-refractivity contribution is -0.118. The molecule has 0 aliphatic rings. The van der Waals surface area contributed by atoms with Crippen LogP contribution in [-0.4, -0.2) is 17.9 Å². The van der Waals surface area contributed by atoms with Gasteiger partial charge in [-0.3, -0.25) is 9.59 Å². The fourth-order valence-electron chi connectivity index (χ4n) is 2.72. The van der Waals surface area contributed by atoms with Gasteiger partial charge >= 0.3 is 0 Å². The van der Waals surface area contributed by atoms with Crippen molar-refractivity contribution in [1.82, 2.24) is 5.32 Å². The highest BCUT2D eigenvalue weighted by Crippen LogP contribution is 2.23. The zero-order valence-corrected chi connectivity index (χ0v) is 16.8. The zero-order valence-electron chi connectivity index (χ0n) is 15.3. The van der Waals surface area contributed by atoms with E-state index in [9.17, 15) is 14.0 Å². The number of hydrogen-bond donors (Lipinski definition) is 2. The largest absolute Gasteiger partial charge is 0.340 e. The summed E-state index contributed by atoms with van der Waals surface area (Å²) in [7, 11) is 6.80. The van der Waals surface area contributed by atoms with Crippen LogP contribution in [0.25, 0.3) is 0 Å². The van der Waals surface area contributed by atoms with Gasteiger partial charge in [0.2, 0.25) is 5.91 Å². The van der Waals surface area contributed by atoms with Crippen molar-refractivity contribution in [3.8, 4) is 0 Å². The fraction of sp³-hybridized carbons (Fsp3) is 0.0909. The molecule has 0 aliphatic heterocycles. The van der Waals surface area contributed by atoms with Crippen LogP contribution in [0.1, 0.15) is 15.9 Å². The van der Waals surface area contributed by atoms with E-state index in [0.717, 1.165) is 21.4 Å². The third kappa shape index (κ3) is 6.07. The molecule has 0 heterocycles. The number of halogens is 2. The van der Waals surface area contributed by atoms with Crippen molar-refractivity contribution in [2.24, 2.45) is 0 Å². The Labute approximate surface area is 177 Å². The summed E-state index contributed by atoms with van der Waals surface area (Å²) in [5.41, 5.74) is 1.78. The molecule has 3 aromatic rings. The predicted molar refractivity (Wildman–Crippen MR) is 115 cm³/mol. The minimum Gasteiger partial charge on any atom is -0.340 e. The summed E-state index contributed by atoms with van der Waals surface area (Å²) in [6, 6.07) is 20.8.